The van der Waals surface area contributed by atoms with Crippen LogP contribution < -0.4 is 5.43 Å². The van der Waals surface area contributed by atoms with Gasteiger partial charge in [-0.25, -0.2) is 5.43 Å². The van der Waals surface area contributed by atoms with Crippen LogP contribution in [0.25, 0.3) is 0 Å². The molecule has 0 heterocycles. The van der Waals surface area contributed by atoms with Gasteiger partial charge < -0.3 is 0 Å². The van der Waals surface area contributed by atoms with Crippen molar-refractivity contribution in [1.82, 2.24) is 5.43 Å². The van der Waals surface area contributed by atoms with E-state index in [0.29, 0.717) is 33.0 Å². The molecular formula is C20H22ClN3O6S. The third-order valence-electron chi connectivity index (χ3n) is 4.17. The minimum absolute atomic E-state index is 0.0517. The first-order valence-electron chi connectivity index (χ1n) is 9.14. The first-order valence-corrected chi connectivity index (χ1v) is 11.3. The summed E-state index contributed by atoms with van der Waals surface area (Å²) < 4.78 is 27.9. The maximum absolute atomic E-state index is 11.5. The number of aryl methyl sites for hydroxylation is 1. The number of benzene rings is 2. The predicted molar refractivity (Wildman–Crippen MR) is 118 cm³/mol. The molecule has 9 nitrogen and oxygen atoms in total. The van der Waals surface area contributed by atoms with Gasteiger partial charge in [-0.3, -0.25) is 19.1 Å². The van der Waals surface area contributed by atoms with Gasteiger partial charge in [-0.2, -0.15) is 13.5 Å². The minimum atomic E-state index is -3.65. The van der Waals surface area contributed by atoms with Crippen molar-refractivity contribution >= 4 is 39.0 Å². The molecule has 0 fully saturated rings. The number of nitrogens with zero attached hydrogens (tertiary/aromatic N) is 2. The van der Waals surface area contributed by atoms with E-state index >= 15 is 0 Å². The average molecular weight is 468 g/mol. The standard InChI is InChI=1S/C20H22ClN3O6S/c1-12-9-16(6-8-19(12)24(26)27)20(23-22-14(3)25)18-11-17(21)7-5-15(18)10-13(2)30-31(4,28)29/h5-9,11,13H,10H2,1-4H3,(H,22,25)/t13-/m0/s1. The monoisotopic (exact) mass is 467 g/mol. The second-order valence-electron chi connectivity index (χ2n) is 7.00. The van der Waals surface area contributed by atoms with Crippen LogP contribution >= 0.6 is 11.6 Å². The molecule has 31 heavy (non-hydrogen) atoms. The van der Waals surface area contributed by atoms with Gasteiger partial charge in [0, 0.05) is 41.1 Å². The van der Waals surface area contributed by atoms with Crippen molar-refractivity contribution < 1.29 is 22.3 Å². The van der Waals surface area contributed by atoms with Crippen LogP contribution in [0, 0.1) is 17.0 Å². The number of hydrogen-bond acceptors (Lipinski definition) is 7. The van der Waals surface area contributed by atoms with Gasteiger partial charge >= 0.3 is 0 Å². The Morgan fingerprint density at radius 3 is 2.52 bits per heavy atom. The number of hydrogen-bond donors (Lipinski definition) is 1. The highest BCUT2D eigenvalue weighted by molar-refractivity contribution is 7.86. The molecule has 1 atom stereocenters. The van der Waals surface area contributed by atoms with Gasteiger partial charge in [0.15, 0.2) is 0 Å². The summed E-state index contributed by atoms with van der Waals surface area (Å²) in [6.07, 6.45) is 0.510. The SMILES string of the molecule is CC(=O)NN=C(c1ccc([N+](=O)[O-])c(C)c1)c1cc(Cl)ccc1C[C@H](C)OS(C)(=O)=O. The number of hydrazone groups is 1. The third kappa shape index (κ3) is 7.12. The number of amides is 1. The number of nitro benzene ring substituents is 1. The molecule has 0 unspecified atom stereocenters. The van der Waals surface area contributed by atoms with E-state index in [1.54, 1.807) is 38.1 Å². The molecule has 2 rings (SSSR count). The zero-order chi connectivity index (χ0) is 23.3. The maximum Gasteiger partial charge on any atom is 0.272 e. The lowest BCUT2D eigenvalue weighted by Crippen LogP contribution is -2.21. The summed E-state index contributed by atoms with van der Waals surface area (Å²) in [7, 11) is -3.65. The molecule has 0 aliphatic heterocycles. The second-order valence-corrected chi connectivity index (χ2v) is 9.04. The molecule has 0 aromatic heterocycles. The highest BCUT2D eigenvalue weighted by atomic mass is 35.5. The Bertz CT molecular complexity index is 1150. The van der Waals surface area contributed by atoms with Gasteiger partial charge in [-0.15, -0.1) is 0 Å². The summed E-state index contributed by atoms with van der Waals surface area (Å²) in [4.78, 5) is 22.2. The van der Waals surface area contributed by atoms with Crippen LogP contribution in [0.2, 0.25) is 5.02 Å². The highest BCUT2D eigenvalue weighted by Crippen LogP contribution is 2.25. The molecule has 0 aliphatic rings. The highest BCUT2D eigenvalue weighted by Gasteiger charge is 2.20. The van der Waals surface area contributed by atoms with Gasteiger partial charge in [0.2, 0.25) is 5.91 Å². The van der Waals surface area contributed by atoms with Crippen LogP contribution in [-0.4, -0.2) is 37.3 Å². The van der Waals surface area contributed by atoms with Crippen molar-refractivity contribution in [2.75, 3.05) is 6.26 Å². The summed E-state index contributed by atoms with van der Waals surface area (Å²) >= 11 is 6.19. The minimum Gasteiger partial charge on any atom is -0.274 e. The van der Waals surface area contributed by atoms with Crippen LogP contribution in [0.3, 0.4) is 0 Å². The summed E-state index contributed by atoms with van der Waals surface area (Å²) in [5.74, 6) is -0.409. The lowest BCUT2D eigenvalue weighted by atomic mass is 9.93. The molecule has 0 aliphatic carbocycles. The van der Waals surface area contributed by atoms with E-state index in [2.05, 4.69) is 10.5 Å². The Morgan fingerprint density at radius 2 is 1.97 bits per heavy atom. The van der Waals surface area contributed by atoms with Gasteiger partial charge in [0.25, 0.3) is 15.8 Å². The Kier molecular flexibility index (Phi) is 7.88. The van der Waals surface area contributed by atoms with Crippen LogP contribution in [0.4, 0.5) is 5.69 Å². The maximum atomic E-state index is 11.5. The Balaban J connectivity index is 2.60. The van der Waals surface area contributed by atoms with Gasteiger partial charge in [-0.05, 0) is 43.7 Å². The molecule has 0 bridgehead atoms. The summed E-state index contributed by atoms with van der Waals surface area (Å²) in [5.41, 5.74) is 4.76. The van der Waals surface area contributed by atoms with E-state index in [4.69, 9.17) is 15.8 Å². The Labute approximate surface area is 185 Å². The number of halogens is 1. The summed E-state index contributed by atoms with van der Waals surface area (Å²) in [5, 5.41) is 15.7. The number of carbonyl (C=O) groups excluding carboxylic acids is 1. The smallest absolute Gasteiger partial charge is 0.272 e. The fourth-order valence-corrected chi connectivity index (χ4v) is 3.85. The molecule has 0 saturated heterocycles. The van der Waals surface area contributed by atoms with Crippen molar-refractivity contribution in [1.29, 1.82) is 0 Å². The van der Waals surface area contributed by atoms with Crippen LogP contribution in [-0.2, 0) is 25.5 Å². The largest absolute Gasteiger partial charge is 0.274 e. The van der Waals surface area contributed by atoms with Gasteiger partial charge in [0.05, 0.1) is 23.0 Å². The van der Waals surface area contributed by atoms with Crippen LogP contribution in [0.15, 0.2) is 41.5 Å². The fraction of sp³-hybridized carbons (Fsp3) is 0.300. The number of nitro groups is 1. The number of rotatable bonds is 8. The van der Waals surface area contributed by atoms with Crippen molar-refractivity contribution in [3.63, 3.8) is 0 Å². The van der Waals surface area contributed by atoms with Crippen molar-refractivity contribution in [3.05, 3.63) is 73.8 Å². The first-order chi connectivity index (χ1) is 14.4. The van der Waals surface area contributed by atoms with E-state index in [1.165, 1.54) is 19.1 Å². The van der Waals surface area contributed by atoms with Gasteiger partial charge in [-0.1, -0.05) is 17.7 Å². The summed E-state index contributed by atoms with van der Waals surface area (Å²) in [6.45, 7) is 4.50. The van der Waals surface area contributed by atoms with Crippen molar-refractivity contribution in [3.8, 4) is 0 Å². The third-order valence-corrected chi connectivity index (χ3v) is 5.08. The van der Waals surface area contributed by atoms with Crippen molar-refractivity contribution in [2.24, 2.45) is 5.10 Å². The van der Waals surface area contributed by atoms with Crippen LogP contribution in [0.1, 0.15) is 36.1 Å². The molecule has 1 amide bonds. The van der Waals surface area contributed by atoms with E-state index in [1.807, 2.05) is 0 Å². The molecule has 166 valence electrons. The normalized spacial score (nSPS) is 13.0. The summed E-state index contributed by atoms with van der Waals surface area (Å²) in [6, 6.07) is 9.44. The fourth-order valence-electron chi connectivity index (χ4n) is 3.01. The van der Waals surface area contributed by atoms with Gasteiger partial charge in [0.1, 0.15) is 0 Å². The second kappa shape index (κ2) is 9.99. The number of nitrogens with one attached hydrogen (secondary N) is 1. The molecule has 0 radical (unpaired) electrons. The molecule has 11 heteroatoms. The molecular weight excluding hydrogens is 446 g/mol. The van der Waals surface area contributed by atoms with Crippen LogP contribution in [0.5, 0.6) is 0 Å². The van der Waals surface area contributed by atoms with E-state index in [0.717, 1.165) is 6.26 Å². The molecule has 0 saturated carbocycles. The Morgan fingerprint density at radius 1 is 1.29 bits per heavy atom. The Hall–Kier alpha value is -2.82. The number of carbonyl (C=O) groups is 1. The van der Waals surface area contributed by atoms with E-state index in [9.17, 15) is 23.3 Å². The first kappa shape index (κ1) is 24.4. The van der Waals surface area contributed by atoms with Crippen molar-refractivity contribution in [2.45, 2.75) is 33.3 Å². The zero-order valence-electron chi connectivity index (χ0n) is 17.4. The molecule has 2 aromatic carbocycles. The average Bonchev–Trinajstić information content (AvgIpc) is 2.62. The zero-order valence-corrected chi connectivity index (χ0v) is 19.0. The molecule has 2 aromatic rings. The van der Waals surface area contributed by atoms with E-state index in [-0.39, 0.29) is 12.1 Å². The molecule has 0 spiro atoms. The van der Waals surface area contributed by atoms with E-state index < -0.39 is 27.1 Å². The topological polar surface area (TPSA) is 128 Å². The lowest BCUT2D eigenvalue weighted by molar-refractivity contribution is -0.385. The quantitative estimate of drug-likeness (QED) is 0.274. The lowest BCUT2D eigenvalue weighted by Gasteiger charge is -2.17. The predicted octanol–water partition coefficient (Wildman–Crippen LogP) is 3.35. The molecule has 1 N–H and O–H groups in total.